The number of carbonyl (C=O) groups is 1. The number of anilines is 1. The van der Waals surface area contributed by atoms with E-state index in [1.165, 1.54) is 0 Å². The summed E-state index contributed by atoms with van der Waals surface area (Å²) in [6.45, 7) is 5.57. The summed E-state index contributed by atoms with van der Waals surface area (Å²) in [6, 6.07) is 7.13. The smallest absolute Gasteiger partial charge is 0.247 e. The Kier molecular flexibility index (Phi) is 3.15. The van der Waals surface area contributed by atoms with E-state index in [-0.39, 0.29) is 29.5 Å². The summed E-state index contributed by atoms with van der Waals surface area (Å²) < 4.78 is 24.0. The van der Waals surface area contributed by atoms with Crippen LogP contribution in [0, 0.1) is 6.92 Å². The Bertz CT molecular complexity index is 697. The summed E-state index contributed by atoms with van der Waals surface area (Å²) in [5, 5.41) is 3.20. The number of fused-ring (bicyclic) bond motifs is 1. The largest absolute Gasteiger partial charge is 0.305 e. The summed E-state index contributed by atoms with van der Waals surface area (Å²) in [7, 11) is -3.11. The molecule has 3 rings (SSSR count). The number of sulfone groups is 1. The summed E-state index contributed by atoms with van der Waals surface area (Å²) in [4.78, 5) is 14.5. The van der Waals surface area contributed by atoms with Crippen LogP contribution >= 0.6 is 0 Å². The van der Waals surface area contributed by atoms with Crippen molar-refractivity contribution in [2.24, 2.45) is 0 Å². The number of hydrogen-bond acceptors (Lipinski definition) is 4. The Balaban J connectivity index is 2.08. The average Bonchev–Trinajstić information content (AvgIpc) is 2.63. The first kappa shape index (κ1) is 14.5. The summed E-state index contributed by atoms with van der Waals surface area (Å²) in [6.07, 6.45) is 0. The third-order valence-electron chi connectivity index (χ3n) is 4.23. The predicted molar refractivity (Wildman–Crippen MR) is 82.1 cm³/mol. The minimum atomic E-state index is -3.11. The third kappa shape index (κ3) is 2.46. The molecule has 2 fully saturated rings. The van der Waals surface area contributed by atoms with Crippen LogP contribution < -0.4 is 10.2 Å². The van der Waals surface area contributed by atoms with Gasteiger partial charge in [0.25, 0.3) is 0 Å². The van der Waals surface area contributed by atoms with Gasteiger partial charge in [0.1, 0.15) is 0 Å². The molecule has 0 aromatic heterocycles. The average molecular weight is 308 g/mol. The molecule has 6 heteroatoms. The zero-order chi connectivity index (χ0) is 15.4. The van der Waals surface area contributed by atoms with Gasteiger partial charge < -0.3 is 4.90 Å². The van der Waals surface area contributed by atoms with Crippen molar-refractivity contribution in [2.45, 2.75) is 38.4 Å². The fourth-order valence-corrected chi connectivity index (χ4v) is 5.18. The Morgan fingerprint density at radius 2 is 2.00 bits per heavy atom. The van der Waals surface area contributed by atoms with Crippen molar-refractivity contribution in [1.82, 2.24) is 5.32 Å². The van der Waals surface area contributed by atoms with Crippen LogP contribution in [0.15, 0.2) is 24.3 Å². The maximum Gasteiger partial charge on any atom is 0.247 e. The molecule has 1 amide bonds. The fourth-order valence-electron chi connectivity index (χ4n) is 3.28. The second kappa shape index (κ2) is 4.55. The second-order valence-electron chi connectivity index (χ2n) is 6.53. The van der Waals surface area contributed by atoms with Crippen molar-refractivity contribution < 1.29 is 13.2 Å². The van der Waals surface area contributed by atoms with Crippen molar-refractivity contribution in [2.75, 3.05) is 16.4 Å². The van der Waals surface area contributed by atoms with E-state index >= 15 is 0 Å². The standard InChI is InChI=1S/C15H20N2O3S/c1-10-5-4-6-11(7-10)17-13-9-21(19,20)8-12(13)16-15(2,3)14(17)18/h4-7,12-13,16H,8-9H2,1-3H3/t12-,13+/m1/s1. The Hall–Kier alpha value is -1.40. The van der Waals surface area contributed by atoms with Crippen LogP contribution in [0.25, 0.3) is 0 Å². The van der Waals surface area contributed by atoms with E-state index < -0.39 is 15.4 Å². The van der Waals surface area contributed by atoms with Gasteiger partial charge >= 0.3 is 0 Å². The normalized spacial score (nSPS) is 30.2. The van der Waals surface area contributed by atoms with Crippen LogP contribution in [0.1, 0.15) is 19.4 Å². The zero-order valence-electron chi connectivity index (χ0n) is 12.5. The van der Waals surface area contributed by atoms with Gasteiger partial charge in [0, 0.05) is 11.7 Å². The number of rotatable bonds is 1. The first-order valence-electron chi connectivity index (χ1n) is 7.08. The number of amides is 1. The van der Waals surface area contributed by atoms with E-state index in [1.807, 2.05) is 31.2 Å². The van der Waals surface area contributed by atoms with Gasteiger partial charge in [-0.15, -0.1) is 0 Å². The lowest BCUT2D eigenvalue weighted by Gasteiger charge is -2.45. The highest BCUT2D eigenvalue weighted by molar-refractivity contribution is 7.91. The molecule has 114 valence electrons. The highest BCUT2D eigenvalue weighted by Crippen LogP contribution is 2.32. The molecule has 2 aliphatic heterocycles. The highest BCUT2D eigenvalue weighted by Gasteiger charge is 2.52. The number of hydrogen-bond donors (Lipinski definition) is 1. The quantitative estimate of drug-likeness (QED) is 0.836. The number of aryl methyl sites for hydroxylation is 1. The van der Waals surface area contributed by atoms with Crippen LogP contribution in [0.4, 0.5) is 5.69 Å². The lowest BCUT2D eigenvalue weighted by Crippen LogP contribution is -2.69. The molecular formula is C15H20N2O3S. The van der Waals surface area contributed by atoms with E-state index in [9.17, 15) is 13.2 Å². The summed E-state index contributed by atoms with van der Waals surface area (Å²) in [5.41, 5.74) is 1.07. The molecule has 1 aromatic carbocycles. The van der Waals surface area contributed by atoms with Gasteiger partial charge in [0.15, 0.2) is 9.84 Å². The maximum absolute atomic E-state index is 12.8. The number of piperazine rings is 1. The Morgan fingerprint density at radius 1 is 1.29 bits per heavy atom. The number of nitrogens with zero attached hydrogens (tertiary/aromatic N) is 1. The molecule has 1 N–H and O–H groups in total. The van der Waals surface area contributed by atoms with Gasteiger partial charge in [-0.05, 0) is 38.5 Å². The van der Waals surface area contributed by atoms with Crippen molar-refractivity contribution in [1.29, 1.82) is 0 Å². The van der Waals surface area contributed by atoms with Crippen LogP contribution in [-0.2, 0) is 14.6 Å². The molecule has 21 heavy (non-hydrogen) atoms. The minimum absolute atomic E-state index is 0.0282. The van der Waals surface area contributed by atoms with Crippen LogP contribution in [0.2, 0.25) is 0 Å². The minimum Gasteiger partial charge on any atom is -0.305 e. The Morgan fingerprint density at radius 3 is 2.67 bits per heavy atom. The number of carbonyl (C=O) groups excluding carboxylic acids is 1. The zero-order valence-corrected chi connectivity index (χ0v) is 13.3. The molecule has 2 aliphatic rings. The first-order chi connectivity index (χ1) is 9.70. The molecule has 1 aromatic rings. The van der Waals surface area contributed by atoms with Crippen molar-refractivity contribution in [3.8, 4) is 0 Å². The van der Waals surface area contributed by atoms with Gasteiger partial charge in [-0.3, -0.25) is 10.1 Å². The van der Waals surface area contributed by atoms with Gasteiger partial charge in [0.2, 0.25) is 5.91 Å². The molecule has 0 bridgehead atoms. The molecule has 2 saturated heterocycles. The lowest BCUT2D eigenvalue weighted by molar-refractivity contribution is -0.126. The van der Waals surface area contributed by atoms with Gasteiger partial charge in [-0.2, -0.15) is 0 Å². The van der Waals surface area contributed by atoms with E-state index in [0.29, 0.717) is 0 Å². The van der Waals surface area contributed by atoms with E-state index in [0.717, 1.165) is 11.3 Å². The number of nitrogens with one attached hydrogen (secondary N) is 1. The van der Waals surface area contributed by atoms with Gasteiger partial charge in [-0.25, -0.2) is 8.42 Å². The molecule has 2 heterocycles. The number of benzene rings is 1. The SMILES string of the molecule is Cc1cccc(N2C(=O)C(C)(C)N[C@@H]3CS(=O)(=O)C[C@@H]32)c1. The predicted octanol–water partition coefficient (Wildman–Crippen LogP) is 0.875. The Labute approximate surface area is 125 Å². The maximum atomic E-state index is 12.8. The van der Waals surface area contributed by atoms with Crippen molar-refractivity contribution in [3.05, 3.63) is 29.8 Å². The molecule has 0 saturated carbocycles. The molecule has 0 aliphatic carbocycles. The van der Waals surface area contributed by atoms with E-state index in [2.05, 4.69) is 5.32 Å². The fraction of sp³-hybridized carbons (Fsp3) is 0.533. The molecule has 2 atom stereocenters. The van der Waals surface area contributed by atoms with Gasteiger partial charge in [0.05, 0.1) is 23.1 Å². The topological polar surface area (TPSA) is 66.5 Å². The lowest BCUT2D eigenvalue weighted by atomic mass is 9.92. The summed E-state index contributed by atoms with van der Waals surface area (Å²) in [5.74, 6) is 0.0448. The highest BCUT2D eigenvalue weighted by atomic mass is 32.2. The second-order valence-corrected chi connectivity index (χ2v) is 8.69. The first-order valence-corrected chi connectivity index (χ1v) is 8.90. The van der Waals surface area contributed by atoms with E-state index in [1.54, 1.807) is 18.7 Å². The monoisotopic (exact) mass is 308 g/mol. The molecule has 0 spiro atoms. The molecule has 0 unspecified atom stereocenters. The molecule has 5 nitrogen and oxygen atoms in total. The molecule has 0 radical (unpaired) electrons. The molecular weight excluding hydrogens is 288 g/mol. The van der Waals surface area contributed by atoms with Gasteiger partial charge in [-0.1, -0.05) is 12.1 Å². The van der Waals surface area contributed by atoms with Crippen LogP contribution in [0.5, 0.6) is 0 Å². The van der Waals surface area contributed by atoms with Crippen molar-refractivity contribution >= 4 is 21.4 Å². The summed E-state index contributed by atoms with van der Waals surface area (Å²) >= 11 is 0. The van der Waals surface area contributed by atoms with Crippen LogP contribution in [0.3, 0.4) is 0 Å². The third-order valence-corrected chi connectivity index (χ3v) is 5.95. The van der Waals surface area contributed by atoms with E-state index in [4.69, 9.17) is 0 Å². The van der Waals surface area contributed by atoms with Crippen molar-refractivity contribution in [3.63, 3.8) is 0 Å². The van der Waals surface area contributed by atoms with Crippen LogP contribution in [-0.4, -0.2) is 43.5 Å².